The van der Waals surface area contributed by atoms with Gasteiger partial charge in [0.15, 0.2) is 5.69 Å². The molecule has 5 heteroatoms. The van der Waals surface area contributed by atoms with Crippen LogP contribution in [0.25, 0.3) is 0 Å². The van der Waals surface area contributed by atoms with Gasteiger partial charge in [-0.25, -0.2) is 0 Å². The molecule has 0 N–H and O–H groups in total. The van der Waals surface area contributed by atoms with Crippen LogP contribution in [0.5, 0.6) is 0 Å². The summed E-state index contributed by atoms with van der Waals surface area (Å²) in [7, 11) is 0. The molecular formula is C17H21N3O2. The Morgan fingerprint density at radius 1 is 1.27 bits per heavy atom. The van der Waals surface area contributed by atoms with E-state index in [4.69, 9.17) is 4.52 Å². The molecule has 5 nitrogen and oxygen atoms in total. The molecule has 1 amide bonds. The molecule has 0 unspecified atom stereocenters. The third-order valence-electron chi connectivity index (χ3n) is 4.28. The molecule has 2 aromatic rings. The zero-order valence-corrected chi connectivity index (χ0v) is 13.0. The fraction of sp³-hybridized carbons (Fsp3) is 0.471. The number of amides is 1. The first-order chi connectivity index (χ1) is 10.6. The zero-order valence-electron chi connectivity index (χ0n) is 13.0. The van der Waals surface area contributed by atoms with E-state index in [0.717, 1.165) is 31.7 Å². The standard InChI is InChI=1S/C17H21N3O2/c1-12(2)16-11-15(19-22-16)17(21)20-9-5-14(6-10-20)13-3-7-18-8-4-13/h3-4,7-8,11-12,14H,5-6,9-10H2,1-2H3. The molecule has 3 heterocycles. The molecule has 0 bridgehead atoms. The maximum absolute atomic E-state index is 12.5. The van der Waals surface area contributed by atoms with Crippen molar-refractivity contribution in [1.29, 1.82) is 0 Å². The summed E-state index contributed by atoms with van der Waals surface area (Å²) in [5.41, 5.74) is 1.73. The lowest BCUT2D eigenvalue weighted by molar-refractivity contribution is 0.0702. The summed E-state index contributed by atoms with van der Waals surface area (Å²) in [6, 6.07) is 5.89. The Morgan fingerprint density at radius 2 is 1.95 bits per heavy atom. The summed E-state index contributed by atoms with van der Waals surface area (Å²) in [4.78, 5) is 18.4. The van der Waals surface area contributed by atoms with Gasteiger partial charge in [0.25, 0.3) is 5.91 Å². The van der Waals surface area contributed by atoms with E-state index < -0.39 is 0 Å². The molecule has 0 spiro atoms. The van der Waals surface area contributed by atoms with Crippen molar-refractivity contribution in [3.05, 3.63) is 47.6 Å². The Labute approximate surface area is 130 Å². The van der Waals surface area contributed by atoms with E-state index in [0.29, 0.717) is 11.6 Å². The van der Waals surface area contributed by atoms with Crippen molar-refractivity contribution < 1.29 is 9.32 Å². The molecule has 1 aliphatic rings. The Hall–Kier alpha value is -2.17. The molecule has 0 radical (unpaired) electrons. The highest BCUT2D eigenvalue weighted by atomic mass is 16.5. The van der Waals surface area contributed by atoms with Gasteiger partial charge in [0, 0.05) is 37.5 Å². The SMILES string of the molecule is CC(C)c1cc(C(=O)N2CCC(c3ccncc3)CC2)no1. The van der Waals surface area contributed by atoms with E-state index in [1.54, 1.807) is 6.07 Å². The second-order valence-electron chi connectivity index (χ2n) is 6.12. The second-order valence-corrected chi connectivity index (χ2v) is 6.12. The molecule has 116 valence electrons. The number of aromatic nitrogens is 2. The average molecular weight is 299 g/mol. The average Bonchev–Trinajstić information content (AvgIpc) is 3.05. The van der Waals surface area contributed by atoms with Crippen molar-refractivity contribution in [1.82, 2.24) is 15.0 Å². The molecule has 2 aromatic heterocycles. The highest BCUT2D eigenvalue weighted by Gasteiger charge is 2.26. The highest BCUT2D eigenvalue weighted by Crippen LogP contribution is 2.28. The van der Waals surface area contributed by atoms with Crippen LogP contribution in [0.2, 0.25) is 0 Å². The van der Waals surface area contributed by atoms with Crippen molar-refractivity contribution in [2.45, 2.75) is 38.5 Å². The molecule has 0 aliphatic carbocycles. The van der Waals surface area contributed by atoms with Crippen molar-refractivity contribution in [3.63, 3.8) is 0 Å². The maximum atomic E-state index is 12.5. The first-order valence-corrected chi connectivity index (χ1v) is 7.81. The largest absolute Gasteiger partial charge is 0.360 e. The number of hydrogen-bond acceptors (Lipinski definition) is 4. The molecule has 1 aliphatic heterocycles. The number of carbonyl (C=O) groups is 1. The van der Waals surface area contributed by atoms with E-state index in [1.807, 2.05) is 31.1 Å². The van der Waals surface area contributed by atoms with Crippen LogP contribution in [0.3, 0.4) is 0 Å². The smallest absolute Gasteiger partial charge is 0.276 e. The predicted octanol–water partition coefficient (Wildman–Crippen LogP) is 3.21. The van der Waals surface area contributed by atoms with Crippen LogP contribution in [-0.4, -0.2) is 34.0 Å². The lowest BCUT2D eigenvalue weighted by atomic mass is 9.90. The van der Waals surface area contributed by atoms with Crippen LogP contribution < -0.4 is 0 Å². The number of likely N-dealkylation sites (tertiary alicyclic amines) is 1. The fourth-order valence-corrected chi connectivity index (χ4v) is 2.88. The fourth-order valence-electron chi connectivity index (χ4n) is 2.88. The topological polar surface area (TPSA) is 59.2 Å². The Bertz CT molecular complexity index is 628. The van der Waals surface area contributed by atoms with Gasteiger partial charge in [0.05, 0.1) is 0 Å². The molecule has 0 saturated carbocycles. The van der Waals surface area contributed by atoms with Gasteiger partial charge in [-0.05, 0) is 36.5 Å². The third kappa shape index (κ3) is 3.03. The van der Waals surface area contributed by atoms with Crippen LogP contribution in [0, 0.1) is 0 Å². The van der Waals surface area contributed by atoms with E-state index in [1.165, 1.54) is 5.56 Å². The van der Waals surface area contributed by atoms with E-state index in [2.05, 4.69) is 22.3 Å². The Balaban J connectivity index is 1.62. The minimum absolute atomic E-state index is 0.0242. The first kappa shape index (κ1) is 14.8. The third-order valence-corrected chi connectivity index (χ3v) is 4.28. The summed E-state index contributed by atoms with van der Waals surface area (Å²) < 4.78 is 5.22. The number of nitrogens with zero attached hydrogens (tertiary/aromatic N) is 3. The van der Waals surface area contributed by atoms with Crippen LogP contribution in [0.15, 0.2) is 35.1 Å². The van der Waals surface area contributed by atoms with Crippen LogP contribution in [0.1, 0.15) is 60.3 Å². The molecule has 1 saturated heterocycles. The van der Waals surface area contributed by atoms with Gasteiger partial charge in [0.1, 0.15) is 5.76 Å². The normalized spacial score (nSPS) is 16.2. The molecular weight excluding hydrogens is 278 g/mol. The van der Waals surface area contributed by atoms with Gasteiger partial charge < -0.3 is 9.42 Å². The molecule has 1 fully saturated rings. The van der Waals surface area contributed by atoms with E-state index in [-0.39, 0.29) is 11.8 Å². The monoisotopic (exact) mass is 299 g/mol. The lowest BCUT2D eigenvalue weighted by Gasteiger charge is -2.31. The van der Waals surface area contributed by atoms with Crippen molar-refractivity contribution in [3.8, 4) is 0 Å². The summed E-state index contributed by atoms with van der Waals surface area (Å²) >= 11 is 0. The predicted molar refractivity (Wildman–Crippen MR) is 82.7 cm³/mol. The Kier molecular flexibility index (Phi) is 4.22. The summed E-state index contributed by atoms with van der Waals surface area (Å²) in [6.45, 7) is 5.56. The van der Waals surface area contributed by atoms with Crippen LogP contribution in [0.4, 0.5) is 0 Å². The van der Waals surface area contributed by atoms with Crippen molar-refractivity contribution >= 4 is 5.91 Å². The van der Waals surface area contributed by atoms with Gasteiger partial charge in [-0.2, -0.15) is 0 Å². The number of piperidine rings is 1. The van der Waals surface area contributed by atoms with Gasteiger partial charge in [-0.3, -0.25) is 9.78 Å². The number of carbonyl (C=O) groups excluding carboxylic acids is 1. The first-order valence-electron chi connectivity index (χ1n) is 7.81. The summed E-state index contributed by atoms with van der Waals surface area (Å²) in [6.07, 6.45) is 5.61. The second kappa shape index (κ2) is 6.30. The van der Waals surface area contributed by atoms with Gasteiger partial charge in [-0.1, -0.05) is 19.0 Å². The minimum atomic E-state index is -0.0242. The number of hydrogen-bond donors (Lipinski definition) is 0. The van der Waals surface area contributed by atoms with Gasteiger partial charge in [0.2, 0.25) is 0 Å². The van der Waals surface area contributed by atoms with Crippen LogP contribution in [-0.2, 0) is 0 Å². The quantitative estimate of drug-likeness (QED) is 0.873. The number of rotatable bonds is 3. The number of pyridine rings is 1. The van der Waals surface area contributed by atoms with Crippen LogP contribution >= 0.6 is 0 Å². The summed E-state index contributed by atoms with van der Waals surface area (Å²) in [5.74, 6) is 1.49. The van der Waals surface area contributed by atoms with Crippen molar-refractivity contribution in [2.75, 3.05) is 13.1 Å². The molecule has 22 heavy (non-hydrogen) atoms. The maximum Gasteiger partial charge on any atom is 0.276 e. The molecule has 3 rings (SSSR count). The van der Waals surface area contributed by atoms with Gasteiger partial charge in [-0.15, -0.1) is 0 Å². The van der Waals surface area contributed by atoms with Crippen molar-refractivity contribution in [2.24, 2.45) is 0 Å². The highest BCUT2D eigenvalue weighted by molar-refractivity contribution is 5.92. The lowest BCUT2D eigenvalue weighted by Crippen LogP contribution is -2.38. The molecule has 0 atom stereocenters. The summed E-state index contributed by atoms with van der Waals surface area (Å²) in [5, 5.41) is 3.92. The van der Waals surface area contributed by atoms with E-state index >= 15 is 0 Å². The molecule has 0 aromatic carbocycles. The van der Waals surface area contributed by atoms with E-state index in [9.17, 15) is 4.79 Å². The van der Waals surface area contributed by atoms with Gasteiger partial charge >= 0.3 is 0 Å². The Morgan fingerprint density at radius 3 is 2.55 bits per heavy atom. The zero-order chi connectivity index (χ0) is 15.5. The minimum Gasteiger partial charge on any atom is -0.360 e.